The van der Waals surface area contributed by atoms with Gasteiger partial charge >= 0.3 is 0 Å². The minimum Gasteiger partial charge on any atom is -0.508 e. The molecule has 4 rings (SSSR count). The van der Waals surface area contributed by atoms with Crippen LogP contribution in [0.15, 0.2) is 23.2 Å². The Hall–Kier alpha value is -1.91. The van der Waals surface area contributed by atoms with Crippen LogP contribution >= 0.6 is 0 Å². The zero-order valence-corrected chi connectivity index (χ0v) is 11.4. The molecule has 1 spiro atoms. The molecule has 5 nitrogen and oxygen atoms in total. The number of phenols is 1. The fourth-order valence-corrected chi connectivity index (χ4v) is 3.90. The number of hydrogen-bond acceptors (Lipinski definition) is 5. The van der Waals surface area contributed by atoms with Gasteiger partial charge in [0, 0.05) is 17.7 Å². The van der Waals surface area contributed by atoms with E-state index in [1.165, 1.54) is 25.7 Å². The Bertz CT molecular complexity index is 580. The minimum absolute atomic E-state index is 0.236. The number of phenolic OH excluding ortho intramolecular Hbond substituents is 1. The van der Waals surface area contributed by atoms with Gasteiger partial charge in [-0.2, -0.15) is 0 Å². The van der Waals surface area contributed by atoms with Crippen LogP contribution in [0.5, 0.6) is 11.5 Å². The van der Waals surface area contributed by atoms with Crippen molar-refractivity contribution in [3.05, 3.63) is 23.8 Å². The third kappa shape index (κ3) is 1.46. The van der Waals surface area contributed by atoms with E-state index in [1.54, 1.807) is 12.1 Å². The first-order valence-electron chi connectivity index (χ1n) is 7.26. The standard InChI is InChI=1S/C15H19N3O2/c16-14-17-8-15(18(14)10-3-1-2-4-10)9-20-13-7-11(19)5-6-12(13)15/h5-7,10,19H,1-4,8-9H2,(H2,16,17). The summed E-state index contributed by atoms with van der Waals surface area (Å²) in [5, 5.41) is 9.61. The summed E-state index contributed by atoms with van der Waals surface area (Å²) < 4.78 is 5.82. The van der Waals surface area contributed by atoms with E-state index >= 15 is 0 Å². The molecule has 3 N–H and O–H groups in total. The van der Waals surface area contributed by atoms with Gasteiger partial charge < -0.3 is 20.5 Å². The predicted octanol–water partition coefficient (Wildman–Crippen LogP) is 1.55. The van der Waals surface area contributed by atoms with Crippen LogP contribution in [0.4, 0.5) is 0 Å². The quantitative estimate of drug-likeness (QED) is 0.814. The van der Waals surface area contributed by atoms with Crippen LogP contribution in [0.3, 0.4) is 0 Å². The van der Waals surface area contributed by atoms with Gasteiger partial charge in [-0.15, -0.1) is 0 Å². The molecule has 1 saturated carbocycles. The largest absolute Gasteiger partial charge is 0.508 e. The third-order valence-corrected chi connectivity index (χ3v) is 4.83. The van der Waals surface area contributed by atoms with Gasteiger partial charge in [-0.3, -0.25) is 4.99 Å². The molecule has 2 heterocycles. The molecule has 0 saturated heterocycles. The van der Waals surface area contributed by atoms with E-state index in [1.807, 2.05) is 6.07 Å². The molecule has 5 heteroatoms. The van der Waals surface area contributed by atoms with Crippen molar-refractivity contribution in [1.29, 1.82) is 0 Å². The first-order valence-corrected chi connectivity index (χ1v) is 7.26. The highest BCUT2D eigenvalue weighted by molar-refractivity contribution is 5.82. The fraction of sp³-hybridized carbons (Fsp3) is 0.533. The molecule has 106 valence electrons. The van der Waals surface area contributed by atoms with Crippen LogP contribution < -0.4 is 10.5 Å². The second-order valence-corrected chi connectivity index (χ2v) is 5.98. The van der Waals surface area contributed by atoms with Crippen molar-refractivity contribution in [3.8, 4) is 11.5 Å². The lowest BCUT2D eigenvalue weighted by Crippen LogP contribution is -2.54. The highest BCUT2D eigenvalue weighted by Gasteiger charge is 2.52. The highest BCUT2D eigenvalue weighted by atomic mass is 16.5. The molecule has 2 aliphatic heterocycles. The van der Waals surface area contributed by atoms with E-state index < -0.39 is 0 Å². The predicted molar refractivity (Wildman–Crippen MR) is 75.9 cm³/mol. The van der Waals surface area contributed by atoms with Gasteiger partial charge in [-0.1, -0.05) is 12.8 Å². The minimum atomic E-state index is -0.262. The maximum absolute atomic E-state index is 9.61. The molecule has 0 radical (unpaired) electrons. The number of aliphatic imine (C=N–C) groups is 1. The van der Waals surface area contributed by atoms with Crippen LogP contribution in [0.1, 0.15) is 31.2 Å². The molecule has 1 aliphatic carbocycles. The Morgan fingerprint density at radius 1 is 1.35 bits per heavy atom. The van der Waals surface area contributed by atoms with E-state index in [-0.39, 0.29) is 11.3 Å². The smallest absolute Gasteiger partial charge is 0.192 e. The SMILES string of the molecule is NC1=NCC2(COc3cc(O)ccc32)N1C1CCCC1. The normalized spacial score (nSPS) is 28.8. The van der Waals surface area contributed by atoms with Crippen molar-refractivity contribution in [1.82, 2.24) is 4.90 Å². The average Bonchev–Trinajstić information content (AvgIpc) is 3.12. The zero-order valence-electron chi connectivity index (χ0n) is 11.4. The van der Waals surface area contributed by atoms with E-state index in [9.17, 15) is 5.11 Å². The van der Waals surface area contributed by atoms with Gasteiger partial charge in [0.1, 0.15) is 23.6 Å². The summed E-state index contributed by atoms with van der Waals surface area (Å²) in [6.45, 7) is 1.21. The summed E-state index contributed by atoms with van der Waals surface area (Å²) in [5.41, 5.74) is 7.01. The Kier molecular flexibility index (Phi) is 2.40. The van der Waals surface area contributed by atoms with E-state index in [0.717, 1.165) is 11.3 Å². The fourth-order valence-electron chi connectivity index (χ4n) is 3.90. The average molecular weight is 273 g/mol. The van der Waals surface area contributed by atoms with Gasteiger partial charge in [0.2, 0.25) is 0 Å². The summed E-state index contributed by atoms with van der Waals surface area (Å²) >= 11 is 0. The lowest BCUT2D eigenvalue weighted by molar-refractivity contribution is 0.115. The number of benzene rings is 1. The van der Waals surface area contributed by atoms with Gasteiger partial charge in [0.05, 0.1) is 6.54 Å². The molecule has 0 amide bonds. The first kappa shape index (κ1) is 11.9. The van der Waals surface area contributed by atoms with Crippen molar-refractivity contribution < 1.29 is 9.84 Å². The molecule has 1 aromatic rings. The number of fused-ring (bicyclic) bond motifs is 2. The van der Waals surface area contributed by atoms with Crippen LogP contribution in [-0.4, -0.2) is 35.2 Å². The maximum Gasteiger partial charge on any atom is 0.192 e. The van der Waals surface area contributed by atoms with Crippen molar-refractivity contribution in [2.75, 3.05) is 13.2 Å². The molecule has 1 unspecified atom stereocenters. The Morgan fingerprint density at radius 2 is 2.15 bits per heavy atom. The Labute approximate surface area is 118 Å². The summed E-state index contributed by atoms with van der Waals surface area (Å²) in [7, 11) is 0. The highest BCUT2D eigenvalue weighted by Crippen LogP contribution is 2.47. The molecule has 1 aromatic carbocycles. The molecular weight excluding hydrogens is 254 g/mol. The van der Waals surface area contributed by atoms with Crippen LogP contribution in [-0.2, 0) is 5.54 Å². The van der Waals surface area contributed by atoms with E-state index in [2.05, 4.69) is 9.89 Å². The van der Waals surface area contributed by atoms with E-state index in [4.69, 9.17) is 10.5 Å². The molecule has 0 aromatic heterocycles. The molecule has 20 heavy (non-hydrogen) atoms. The second-order valence-electron chi connectivity index (χ2n) is 5.98. The van der Waals surface area contributed by atoms with Gasteiger partial charge in [-0.25, -0.2) is 0 Å². The lowest BCUT2D eigenvalue weighted by Gasteiger charge is -2.39. The number of nitrogens with two attached hydrogens (primary N) is 1. The Morgan fingerprint density at radius 3 is 2.95 bits per heavy atom. The van der Waals surface area contributed by atoms with Crippen LogP contribution in [0.25, 0.3) is 0 Å². The van der Waals surface area contributed by atoms with Crippen LogP contribution in [0, 0.1) is 0 Å². The number of rotatable bonds is 1. The maximum atomic E-state index is 9.61. The summed E-state index contributed by atoms with van der Waals surface area (Å²) in [5.74, 6) is 1.64. The summed E-state index contributed by atoms with van der Waals surface area (Å²) in [6.07, 6.45) is 4.86. The summed E-state index contributed by atoms with van der Waals surface area (Å²) in [4.78, 5) is 6.78. The molecule has 1 atom stereocenters. The third-order valence-electron chi connectivity index (χ3n) is 4.83. The zero-order chi connectivity index (χ0) is 13.7. The second kappa shape index (κ2) is 4.04. The molecule has 0 bridgehead atoms. The topological polar surface area (TPSA) is 71.1 Å². The molecular formula is C15H19N3O2. The van der Waals surface area contributed by atoms with Crippen molar-refractivity contribution >= 4 is 5.96 Å². The van der Waals surface area contributed by atoms with Gasteiger partial charge in [-0.05, 0) is 25.0 Å². The molecule has 1 fully saturated rings. The number of nitrogens with zero attached hydrogens (tertiary/aromatic N) is 2. The number of ether oxygens (including phenoxy) is 1. The lowest BCUT2D eigenvalue weighted by atomic mass is 9.89. The van der Waals surface area contributed by atoms with E-state index in [0.29, 0.717) is 25.2 Å². The number of aromatic hydroxyl groups is 1. The van der Waals surface area contributed by atoms with Crippen molar-refractivity contribution in [3.63, 3.8) is 0 Å². The van der Waals surface area contributed by atoms with Gasteiger partial charge in [0.15, 0.2) is 5.96 Å². The van der Waals surface area contributed by atoms with Gasteiger partial charge in [0.25, 0.3) is 0 Å². The van der Waals surface area contributed by atoms with Crippen molar-refractivity contribution in [2.24, 2.45) is 10.7 Å². The monoisotopic (exact) mass is 273 g/mol. The Balaban J connectivity index is 1.78. The van der Waals surface area contributed by atoms with Crippen LogP contribution in [0.2, 0.25) is 0 Å². The van der Waals surface area contributed by atoms with Crippen molar-refractivity contribution in [2.45, 2.75) is 37.3 Å². The summed E-state index contributed by atoms with van der Waals surface area (Å²) in [6, 6.07) is 5.82. The molecule has 3 aliphatic rings. The first-order chi connectivity index (χ1) is 9.71. The number of guanidine groups is 1. The number of hydrogen-bond donors (Lipinski definition) is 2.